The number of esters is 2. The van der Waals surface area contributed by atoms with Gasteiger partial charge >= 0.3 is 11.9 Å². The van der Waals surface area contributed by atoms with E-state index in [2.05, 4.69) is 4.74 Å². The number of likely N-dealkylation sites (N-methyl/N-ethyl adjacent to an activating group) is 1. The van der Waals surface area contributed by atoms with Gasteiger partial charge in [0.05, 0.1) is 25.2 Å². The molecule has 0 aliphatic rings. The molecule has 0 spiro atoms. The summed E-state index contributed by atoms with van der Waals surface area (Å²) in [6.07, 6.45) is 1.99. The summed E-state index contributed by atoms with van der Waals surface area (Å²) in [7, 11) is 2.84. The highest BCUT2D eigenvalue weighted by Crippen LogP contribution is 2.08. The molecule has 7 nitrogen and oxygen atoms in total. The van der Waals surface area contributed by atoms with E-state index in [9.17, 15) is 14.4 Å². The number of nitriles is 1. The number of benzene rings is 1. The number of rotatable bonds is 7. The van der Waals surface area contributed by atoms with Gasteiger partial charge in [0, 0.05) is 19.7 Å². The van der Waals surface area contributed by atoms with Gasteiger partial charge in [-0.2, -0.15) is 5.26 Å². The molecule has 0 radical (unpaired) electrons. The van der Waals surface area contributed by atoms with Crippen molar-refractivity contribution in [3.05, 3.63) is 41.5 Å². The Morgan fingerprint density at radius 3 is 2.48 bits per heavy atom. The van der Waals surface area contributed by atoms with Crippen molar-refractivity contribution in [3.63, 3.8) is 0 Å². The van der Waals surface area contributed by atoms with Crippen LogP contribution in [0.1, 0.15) is 29.3 Å². The topological polar surface area (TPSA) is 96.7 Å². The normalized spacial score (nSPS) is 11.4. The Kier molecular flexibility index (Phi) is 7.87. The van der Waals surface area contributed by atoms with Crippen molar-refractivity contribution in [3.8, 4) is 6.07 Å². The first-order valence-corrected chi connectivity index (χ1v) is 7.58. The number of amides is 1. The quantitative estimate of drug-likeness (QED) is 0.552. The molecule has 1 amide bonds. The summed E-state index contributed by atoms with van der Waals surface area (Å²) >= 11 is 0. The Labute approximate surface area is 146 Å². The minimum absolute atomic E-state index is 0.213. The number of carbonyl (C=O) groups excluding carboxylic acids is 3. The first-order chi connectivity index (χ1) is 11.9. The van der Waals surface area contributed by atoms with Gasteiger partial charge in [0.1, 0.15) is 0 Å². The Bertz CT molecular complexity index is 688. The number of carbonyl (C=O) groups is 3. The van der Waals surface area contributed by atoms with E-state index in [4.69, 9.17) is 10.00 Å². The summed E-state index contributed by atoms with van der Waals surface area (Å²) in [4.78, 5) is 36.4. The maximum Gasteiger partial charge on any atom is 0.337 e. The molecule has 0 aliphatic heterocycles. The fourth-order valence-electron chi connectivity index (χ4n) is 1.91. The van der Waals surface area contributed by atoms with Crippen molar-refractivity contribution >= 4 is 23.9 Å². The fraction of sp³-hybridized carbons (Fsp3) is 0.333. The third-order valence-electron chi connectivity index (χ3n) is 3.32. The van der Waals surface area contributed by atoms with E-state index >= 15 is 0 Å². The van der Waals surface area contributed by atoms with Gasteiger partial charge in [-0.1, -0.05) is 12.1 Å². The molecule has 0 bridgehead atoms. The van der Waals surface area contributed by atoms with Crippen molar-refractivity contribution in [2.75, 3.05) is 20.7 Å². The second kappa shape index (κ2) is 9.88. The molecule has 0 saturated heterocycles. The predicted molar refractivity (Wildman–Crippen MR) is 90.2 cm³/mol. The molecule has 1 aromatic carbocycles. The second-order valence-electron chi connectivity index (χ2n) is 5.19. The molecular weight excluding hydrogens is 324 g/mol. The van der Waals surface area contributed by atoms with E-state index in [-0.39, 0.29) is 18.9 Å². The first kappa shape index (κ1) is 19.9. The molecule has 0 aliphatic carbocycles. The molecule has 0 saturated carbocycles. The summed E-state index contributed by atoms with van der Waals surface area (Å²) in [5.74, 6) is -1.48. The summed E-state index contributed by atoms with van der Waals surface area (Å²) in [5.41, 5.74) is 1.09. The van der Waals surface area contributed by atoms with Gasteiger partial charge in [0.2, 0.25) is 0 Å². The predicted octanol–water partition coefficient (Wildman–Crippen LogP) is 1.79. The molecule has 0 fully saturated rings. The average molecular weight is 344 g/mol. The van der Waals surface area contributed by atoms with Crippen LogP contribution in [0.3, 0.4) is 0 Å². The highest BCUT2D eigenvalue weighted by atomic mass is 16.5. The van der Waals surface area contributed by atoms with Crippen molar-refractivity contribution in [2.24, 2.45) is 0 Å². The minimum atomic E-state index is -0.942. The third kappa shape index (κ3) is 6.47. The lowest BCUT2D eigenvalue weighted by atomic mass is 10.1. The Morgan fingerprint density at radius 1 is 1.28 bits per heavy atom. The van der Waals surface area contributed by atoms with Crippen LogP contribution in [0.5, 0.6) is 0 Å². The SMILES string of the molecule is COC(=O)c1ccc(/C=C/C(=O)O[C@@H](C)C(=O)N(C)CCC#N)cc1. The smallest absolute Gasteiger partial charge is 0.337 e. The van der Waals surface area contributed by atoms with E-state index in [1.54, 1.807) is 31.3 Å². The molecule has 1 rings (SSSR count). The van der Waals surface area contributed by atoms with Gasteiger partial charge in [-0.05, 0) is 30.7 Å². The molecule has 1 atom stereocenters. The summed E-state index contributed by atoms with van der Waals surface area (Å²) in [6, 6.07) is 8.40. The van der Waals surface area contributed by atoms with E-state index < -0.39 is 18.0 Å². The van der Waals surface area contributed by atoms with Gasteiger partial charge in [0.15, 0.2) is 6.10 Å². The largest absolute Gasteiger partial charge is 0.465 e. The summed E-state index contributed by atoms with van der Waals surface area (Å²) in [5, 5.41) is 8.51. The maximum atomic E-state index is 12.0. The lowest BCUT2D eigenvalue weighted by molar-refractivity contribution is -0.154. The fourth-order valence-corrected chi connectivity index (χ4v) is 1.91. The monoisotopic (exact) mass is 344 g/mol. The Morgan fingerprint density at radius 2 is 1.92 bits per heavy atom. The number of hydrogen-bond acceptors (Lipinski definition) is 6. The van der Waals surface area contributed by atoms with Crippen LogP contribution in [0, 0.1) is 11.3 Å². The molecule has 0 unspecified atom stereocenters. The summed E-state index contributed by atoms with van der Waals surface area (Å²) in [6.45, 7) is 1.75. The molecule has 25 heavy (non-hydrogen) atoms. The van der Waals surface area contributed by atoms with E-state index in [0.717, 1.165) is 0 Å². The van der Waals surface area contributed by atoms with Gasteiger partial charge in [-0.15, -0.1) is 0 Å². The average Bonchev–Trinajstić information content (AvgIpc) is 2.63. The molecule has 132 valence electrons. The van der Waals surface area contributed by atoms with Crippen molar-refractivity contribution < 1.29 is 23.9 Å². The lowest BCUT2D eigenvalue weighted by Crippen LogP contribution is -2.37. The zero-order chi connectivity index (χ0) is 18.8. The van der Waals surface area contributed by atoms with Crippen molar-refractivity contribution in [1.29, 1.82) is 5.26 Å². The van der Waals surface area contributed by atoms with Crippen LogP contribution in [0.15, 0.2) is 30.3 Å². The van der Waals surface area contributed by atoms with Gasteiger partial charge in [0.25, 0.3) is 5.91 Å². The second-order valence-corrected chi connectivity index (χ2v) is 5.19. The Hall–Kier alpha value is -3.14. The zero-order valence-electron chi connectivity index (χ0n) is 14.4. The number of ether oxygens (including phenoxy) is 2. The van der Waals surface area contributed by atoms with Crippen LogP contribution in [-0.2, 0) is 19.1 Å². The highest BCUT2D eigenvalue weighted by Gasteiger charge is 2.20. The number of hydrogen-bond donors (Lipinski definition) is 0. The molecule has 0 aromatic heterocycles. The zero-order valence-corrected chi connectivity index (χ0v) is 14.4. The maximum absolute atomic E-state index is 12.0. The standard InChI is InChI=1S/C18H20N2O5/c1-13(17(22)20(2)12-4-11-19)25-16(21)10-7-14-5-8-15(9-6-14)18(23)24-3/h5-10,13H,4,12H2,1-3H3/b10-7+/t13-/m0/s1. The minimum Gasteiger partial charge on any atom is -0.465 e. The van der Waals surface area contributed by atoms with Crippen LogP contribution in [0.4, 0.5) is 0 Å². The van der Waals surface area contributed by atoms with E-state index in [1.165, 1.54) is 31.1 Å². The van der Waals surface area contributed by atoms with Crippen LogP contribution in [0.2, 0.25) is 0 Å². The third-order valence-corrected chi connectivity index (χ3v) is 3.32. The van der Waals surface area contributed by atoms with Crippen LogP contribution in [-0.4, -0.2) is 49.6 Å². The Balaban J connectivity index is 2.58. The summed E-state index contributed by atoms with van der Waals surface area (Å²) < 4.78 is 9.64. The van der Waals surface area contributed by atoms with Gasteiger partial charge in [-0.25, -0.2) is 9.59 Å². The molecule has 0 N–H and O–H groups in total. The van der Waals surface area contributed by atoms with Crippen LogP contribution >= 0.6 is 0 Å². The molecule has 1 aromatic rings. The van der Waals surface area contributed by atoms with Gasteiger partial charge < -0.3 is 14.4 Å². The highest BCUT2D eigenvalue weighted by molar-refractivity contribution is 5.91. The number of nitrogens with zero attached hydrogens (tertiary/aromatic N) is 2. The molecular formula is C18H20N2O5. The van der Waals surface area contributed by atoms with Crippen LogP contribution < -0.4 is 0 Å². The number of methoxy groups -OCH3 is 1. The van der Waals surface area contributed by atoms with E-state index in [1.807, 2.05) is 6.07 Å². The van der Waals surface area contributed by atoms with Crippen molar-refractivity contribution in [2.45, 2.75) is 19.4 Å². The van der Waals surface area contributed by atoms with Crippen molar-refractivity contribution in [1.82, 2.24) is 4.90 Å². The molecule has 0 heterocycles. The van der Waals surface area contributed by atoms with E-state index in [0.29, 0.717) is 11.1 Å². The first-order valence-electron chi connectivity index (χ1n) is 7.58. The lowest BCUT2D eigenvalue weighted by Gasteiger charge is -2.19. The molecule has 7 heteroatoms. The van der Waals surface area contributed by atoms with Crippen LogP contribution in [0.25, 0.3) is 6.08 Å². The van der Waals surface area contributed by atoms with Gasteiger partial charge in [-0.3, -0.25) is 4.79 Å².